The minimum Gasteiger partial charge on any atom is -0.435 e. The maximum atomic E-state index is 11.5. The van der Waals surface area contributed by atoms with Crippen LogP contribution in [-0.2, 0) is 18.9 Å². The van der Waals surface area contributed by atoms with Crippen LogP contribution in [0.2, 0.25) is 0 Å². The third kappa shape index (κ3) is 11.1. The van der Waals surface area contributed by atoms with Crippen LogP contribution in [0.25, 0.3) is 0 Å². The van der Waals surface area contributed by atoms with Gasteiger partial charge in [-0.3, -0.25) is 4.74 Å². The molecular formula is C8H13F3O5. The third-order valence-electron chi connectivity index (χ3n) is 1.20. The first-order chi connectivity index (χ1) is 7.45. The summed E-state index contributed by atoms with van der Waals surface area (Å²) in [6, 6.07) is 0. The second kappa shape index (κ2) is 8.17. The van der Waals surface area contributed by atoms with Crippen molar-refractivity contribution in [2.75, 3.05) is 33.0 Å². The first-order valence-electron chi connectivity index (χ1n) is 4.53. The molecule has 5 nitrogen and oxygen atoms in total. The molecule has 0 aromatic rings. The van der Waals surface area contributed by atoms with Gasteiger partial charge in [-0.15, -0.1) is 13.2 Å². The summed E-state index contributed by atoms with van der Waals surface area (Å²) in [7, 11) is 0. The highest BCUT2D eigenvalue weighted by molar-refractivity contribution is 5.59. The van der Waals surface area contributed by atoms with Crippen LogP contribution in [0.1, 0.15) is 6.92 Å². The lowest BCUT2D eigenvalue weighted by atomic mass is 10.7. The van der Waals surface area contributed by atoms with E-state index in [4.69, 9.17) is 4.74 Å². The Balaban J connectivity index is 3.19. The second-order valence-electron chi connectivity index (χ2n) is 2.44. The highest BCUT2D eigenvalue weighted by Gasteiger charge is 2.28. The molecule has 16 heavy (non-hydrogen) atoms. The van der Waals surface area contributed by atoms with Crippen LogP contribution in [0.3, 0.4) is 0 Å². The summed E-state index contributed by atoms with van der Waals surface area (Å²) < 4.78 is 51.4. The molecule has 0 atom stereocenters. The molecule has 0 saturated carbocycles. The minimum absolute atomic E-state index is 0.0139. The Bertz CT molecular complexity index is 195. The van der Waals surface area contributed by atoms with Gasteiger partial charge in [-0.1, -0.05) is 0 Å². The van der Waals surface area contributed by atoms with Crippen molar-refractivity contribution in [2.24, 2.45) is 0 Å². The van der Waals surface area contributed by atoms with E-state index in [0.29, 0.717) is 0 Å². The van der Waals surface area contributed by atoms with Crippen molar-refractivity contribution < 1.29 is 36.9 Å². The van der Waals surface area contributed by atoms with Crippen molar-refractivity contribution in [2.45, 2.75) is 13.3 Å². The smallest absolute Gasteiger partial charge is 0.435 e. The van der Waals surface area contributed by atoms with Crippen LogP contribution in [0.5, 0.6) is 0 Å². The predicted octanol–water partition coefficient (Wildman–Crippen LogP) is 1.71. The maximum absolute atomic E-state index is 11.5. The molecule has 0 saturated heterocycles. The number of rotatable bonds is 7. The quantitative estimate of drug-likeness (QED) is 0.505. The van der Waals surface area contributed by atoms with Crippen molar-refractivity contribution in [3.8, 4) is 0 Å². The molecule has 0 spiro atoms. The zero-order valence-corrected chi connectivity index (χ0v) is 8.71. The van der Waals surface area contributed by atoms with Gasteiger partial charge in [0.25, 0.3) is 0 Å². The molecule has 0 aromatic carbocycles. The Morgan fingerprint density at radius 1 is 1.06 bits per heavy atom. The van der Waals surface area contributed by atoms with Gasteiger partial charge in [-0.25, -0.2) is 4.79 Å². The summed E-state index contributed by atoms with van der Waals surface area (Å²) in [4.78, 5) is 10.6. The van der Waals surface area contributed by atoms with Gasteiger partial charge in [0.05, 0.1) is 26.4 Å². The van der Waals surface area contributed by atoms with Crippen LogP contribution >= 0.6 is 0 Å². The first kappa shape index (κ1) is 15.0. The van der Waals surface area contributed by atoms with Gasteiger partial charge in [-0.2, -0.15) is 0 Å². The molecule has 8 heteroatoms. The van der Waals surface area contributed by atoms with Gasteiger partial charge in [-0.05, 0) is 6.92 Å². The number of carbonyl (C=O) groups is 1. The monoisotopic (exact) mass is 246 g/mol. The van der Waals surface area contributed by atoms with E-state index >= 15 is 0 Å². The third-order valence-corrected chi connectivity index (χ3v) is 1.20. The molecule has 0 N–H and O–H groups in total. The second-order valence-corrected chi connectivity index (χ2v) is 2.44. The number of hydrogen-bond donors (Lipinski definition) is 0. The molecule has 0 rings (SSSR count). The van der Waals surface area contributed by atoms with Crippen LogP contribution in [0, 0.1) is 0 Å². The topological polar surface area (TPSA) is 54.0 Å². The summed E-state index contributed by atoms with van der Waals surface area (Å²) in [5.74, 6) is 0. The van der Waals surface area contributed by atoms with E-state index in [9.17, 15) is 18.0 Å². The average molecular weight is 246 g/mol. The Morgan fingerprint density at radius 2 is 1.69 bits per heavy atom. The molecule has 0 fully saturated rings. The van der Waals surface area contributed by atoms with E-state index in [0.717, 1.165) is 0 Å². The highest BCUT2D eigenvalue weighted by Crippen LogP contribution is 2.15. The largest absolute Gasteiger partial charge is 0.522 e. The fourth-order valence-corrected chi connectivity index (χ4v) is 0.662. The van der Waals surface area contributed by atoms with Gasteiger partial charge in [0.15, 0.2) is 0 Å². The lowest BCUT2D eigenvalue weighted by Gasteiger charge is -2.08. The number of ether oxygens (including phenoxy) is 4. The van der Waals surface area contributed by atoms with Gasteiger partial charge in [0.1, 0.15) is 6.61 Å². The van der Waals surface area contributed by atoms with E-state index in [2.05, 4.69) is 14.2 Å². The van der Waals surface area contributed by atoms with Crippen molar-refractivity contribution in [3.05, 3.63) is 0 Å². The molecule has 0 radical (unpaired) electrons. The van der Waals surface area contributed by atoms with Gasteiger partial charge in [0.2, 0.25) is 0 Å². The number of alkyl halides is 3. The molecule has 0 aromatic heterocycles. The van der Waals surface area contributed by atoms with Crippen LogP contribution in [0.4, 0.5) is 18.0 Å². The van der Waals surface area contributed by atoms with E-state index < -0.39 is 19.1 Å². The zero-order valence-electron chi connectivity index (χ0n) is 8.71. The molecule has 0 aliphatic rings. The normalized spacial score (nSPS) is 11.2. The van der Waals surface area contributed by atoms with Gasteiger partial charge < -0.3 is 14.2 Å². The standard InChI is InChI=1S/C8H13F3O5/c1-2-14-7(12)15-5-3-13-4-6-16-8(9,10)11/h2-6H2,1H3. The Labute approximate surface area is 90.4 Å². The number of halogens is 3. The fraction of sp³-hybridized carbons (Fsp3) is 0.875. The van der Waals surface area contributed by atoms with Crippen molar-refractivity contribution in [1.82, 2.24) is 0 Å². The SMILES string of the molecule is CCOC(=O)OCCOCCOC(F)(F)F. The summed E-state index contributed by atoms with van der Waals surface area (Å²) in [5, 5.41) is 0. The van der Waals surface area contributed by atoms with Gasteiger partial charge >= 0.3 is 12.5 Å². The molecular weight excluding hydrogens is 233 g/mol. The van der Waals surface area contributed by atoms with E-state index in [1.807, 2.05) is 0 Å². The van der Waals surface area contributed by atoms with Gasteiger partial charge in [0, 0.05) is 0 Å². The molecule has 0 amide bonds. The molecule has 0 unspecified atom stereocenters. The Kier molecular flexibility index (Phi) is 7.65. The molecule has 96 valence electrons. The highest BCUT2D eigenvalue weighted by atomic mass is 19.4. The zero-order chi connectivity index (χ0) is 12.4. The first-order valence-corrected chi connectivity index (χ1v) is 4.53. The molecule has 0 aliphatic carbocycles. The molecule has 0 heterocycles. The maximum Gasteiger partial charge on any atom is 0.522 e. The minimum atomic E-state index is -4.65. The Hall–Kier alpha value is -1.02. The van der Waals surface area contributed by atoms with E-state index in [1.54, 1.807) is 6.92 Å². The van der Waals surface area contributed by atoms with Crippen molar-refractivity contribution >= 4 is 6.16 Å². The predicted molar refractivity (Wildman–Crippen MR) is 45.8 cm³/mol. The van der Waals surface area contributed by atoms with E-state index in [1.165, 1.54) is 0 Å². The van der Waals surface area contributed by atoms with Crippen LogP contribution in [-0.4, -0.2) is 45.6 Å². The summed E-state index contributed by atoms with van der Waals surface area (Å²) in [6.45, 7) is 0.894. The summed E-state index contributed by atoms with van der Waals surface area (Å²) in [5.41, 5.74) is 0. The number of hydrogen-bond acceptors (Lipinski definition) is 5. The summed E-state index contributed by atoms with van der Waals surface area (Å²) in [6.07, 6.45) is -5.48. The van der Waals surface area contributed by atoms with Crippen molar-refractivity contribution in [1.29, 1.82) is 0 Å². The number of carbonyl (C=O) groups excluding carboxylic acids is 1. The molecule has 0 bridgehead atoms. The molecule has 0 aliphatic heterocycles. The van der Waals surface area contributed by atoms with Crippen molar-refractivity contribution in [3.63, 3.8) is 0 Å². The van der Waals surface area contributed by atoms with Crippen LogP contribution < -0.4 is 0 Å². The lowest BCUT2D eigenvalue weighted by molar-refractivity contribution is -0.327. The average Bonchev–Trinajstić information content (AvgIpc) is 2.15. The fourth-order valence-electron chi connectivity index (χ4n) is 0.662. The lowest BCUT2D eigenvalue weighted by Crippen LogP contribution is -2.18. The van der Waals surface area contributed by atoms with Crippen LogP contribution in [0.15, 0.2) is 0 Å². The summed E-state index contributed by atoms with van der Waals surface area (Å²) >= 11 is 0. The van der Waals surface area contributed by atoms with E-state index in [-0.39, 0.29) is 26.4 Å². The Morgan fingerprint density at radius 3 is 2.25 bits per heavy atom.